The summed E-state index contributed by atoms with van der Waals surface area (Å²) in [5, 5.41) is 1.16. The summed E-state index contributed by atoms with van der Waals surface area (Å²) in [7, 11) is 1.63. The largest absolute Gasteiger partial charge is 0.497 e. The van der Waals surface area contributed by atoms with E-state index < -0.39 is 0 Å². The van der Waals surface area contributed by atoms with Gasteiger partial charge in [0.25, 0.3) is 5.56 Å². The highest BCUT2D eigenvalue weighted by Gasteiger charge is 2.24. The Bertz CT molecular complexity index is 1080. The number of aromatic nitrogens is 2. The van der Waals surface area contributed by atoms with Crippen LogP contribution in [0, 0.1) is 11.8 Å². The van der Waals surface area contributed by atoms with E-state index >= 15 is 0 Å². The zero-order valence-electron chi connectivity index (χ0n) is 16.6. The number of rotatable bonds is 5. The Hall–Kier alpha value is -2.37. The number of hydrogen-bond donors (Lipinski definition) is 1. The SMILES string of the molecule is COc1cccc(-c2nc3cc(Cl)ccc3c(=O)n2CC2CCCC(CN)C2)c1. The molecule has 0 amide bonds. The summed E-state index contributed by atoms with van der Waals surface area (Å²) in [6.45, 7) is 1.36. The third-order valence-electron chi connectivity index (χ3n) is 5.91. The molecule has 1 heterocycles. The fraction of sp³-hybridized carbons (Fsp3) is 0.391. The molecule has 0 aliphatic heterocycles. The van der Waals surface area contributed by atoms with Crippen LogP contribution in [0.15, 0.2) is 47.3 Å². The number of nitrogens with two attached hydrogens (primary N) is 1. The maximum absolute atomic E-state index is 13.4. The quantitative estimate of drug-likeness (QED) is 0.671. The normalized spacial score (nSPS) is 19.4. The van der Waals surface area contributed by atoms with E-state index in [1.54, 1.807) is 25.3 Å². The van der Waals surface area contributed by atoms with E-state index in [1.807, 2.05) is 28.8 Å². The van der Waals surface area contributed by atoms with Crippen LogP contribution in [0.4, 0.5) is 0 Å². The van der Waals surface area contributed by atoms with E-state index in [-0.39, 0.29) is 5.56 Å². The molecule has 0 saturated heterocycles. The zero-order valence-corrected chi connectivity index (χ0v) is 17.4. The van der Waals surface area contributed by atoms with Crippen molar-refractivity contribution in [2.75, 3.05) is 13.7 Å². The molecule has 6 heteroatoms. The van der Waals surface area contributed by atoms with Gasteiger partial charge in [-0.05, 0) is 68.0 Å². The molecule has 1 fully saturated rings. The average molecular weight is 412 g/mol. The summed E-state index contributed by atoms with van der Waals surface area (Å²) >= 11 is 6.16. The maximum Gasteiger partial charge on any atom is 0.261 e. The second-order valence-electron chi connectivity index (χ2n) is 7.88. The molecule has 4 rings (SSSR count). The molecule has 29 heavy (non-hydrogen) atoms. The maximum atomic E-state index is 13.4. The number of hydrogen-bond acceptors (Lipinski definition) is 4. The van der Waals surface area contributed by atoms with Crippen LogP contribution in [0.2, 0.25) is 5.02 Å². The first-order valence-electron chi connectivity index (χ1n) is 10.1. The van der Waals surface area contributed by atoms with Crippen LogP contribution in [0.5, 0.6) is 5.75 Å². The standard InChI is InChI=1S/C23H26ClN3O2/c1-29-19-7-3-6-17(11-19)22-26-21-12-18(24)8-9-20(21)23(28)27(22)14-16-5-2-4-15(10-16)13-25/h3,6-9,11-12,15-16H,2,4-5,10,13-14,25H2,1H3. The molecule has 0 spiro atoms. The second kappa shape index (κ2) is 8.56. The van der Waals surface area contributed by atoms with Crippen molar-refractivity contribution in [1.29, 1.82) is 0 Å². The first kappa shape index (κ1) is 19.9. The highest BCUT2D eigenvalue weighted by atomic mass is 35.5. The van der Waals surface area contributed by atoms with E-state index in [2.05, 4.69) is 0 Å². The summed E-state index contributed by atoms with van der Waals surface area (Å²) in [5.74, 6) is 2.34. The molecule has 152 valence electrons. The summed E-state index contributed by atoms with van der Waals surface area (Å²) in [6.07, 6.45) is 4.50. The second-order valence-corrected chi connectivity index (χ2v) is 8.32. The van der Waals surface area contributed by atoms with E-state index in [1.165, 1.54) is 6.42 Å². The van der Waals surface area contributed by atoms with Gasteiger partial charge in [0.05, 0.1) is 18.0 Å². The number of nitrogens with zero attached hydrogens (tertiary/aromatic N) is 2. The fourth-order valence-electron chi connectivity index (χ4n) is 4.39. The average Bonchev–Trinajstić information content (AvgIpc) is 2.75. The molecule has 0 bridgehead atoms. The van der Waals surface area contributed by atoms with E-state index in [9.17, 15) is 4.79 Å². The van der Waals surface area contributed by atoms with Crippen LogP contribution < -0.4 is 16.0 Å². The topological polar surface area (TPSA) is 70.1 Å². The van der Waals surface area contributed by atoms with Gasteiger partial charge < -0.3 is 10.5 Å². The minimum Gasteiger partial charge on any atom is -0.497 e. The van der Waals surface area contributed by atoms with Crippen molar-refractivity contribution >= 4 is 22.5 Å². The number of ether oxygens (including phenoxy) is 1. The van der Waals surface area contributed by atoms with Crippen molar-refractivity contribution < 1.29 is 4.74 Å². The summed E-state index contributed by atoms with van der Waals surface area (Å²) in [4.78, 5) is 18.3. The Morgan fingerprint density at radius 3 is 2.83 bits per heavy atom. The summed E-state index contributed by atoms with van der Waals surface area (Å²) in [6, 6.07) is 12.9. The predicted octanol–water partition coefficient (Wildman–Crippen LogP) is 4.49. The van der Waals surface area contributed by atoms with Crippen LogP contribution >= 0.6 is 11.6 Å². The lowest BCUT2D eigenvalue weighted by Crippen LogP contribution is -2.30. The summed E-state index contributed by atoms with van der Waals surface area (Å²) in [5.41, 5.74) is 7.36. The molecule has 1 aromatic heterocycles. The van der Waals surface area contributed by atoms with Crippen molar-refractivity contribution in [3.8, 4) is 17.1 Å². The van der Waals surface area contributed by atoms with Gasteiger partial charge in [-0.1, -0.05) is 30.2 Å². The first-order valence-corrected chi connectivity index (χ1v) is 10.5. The molecule has 3 aromatic rings. The Kier molecular flexibility index (Phi) is 5.88. The van der Waals surface area contributed by atoms with Crippen molar-refractivity contribution in [1.82, 2.24) is 9.55 Å². The molecule has 2 aromatic carbocycles. The molecule has 2 atom stereocenters. The smallest absolute Gasteiger partial charge is 0.261 e. The van der Waals surface area contributed by atoms with Gasteiger partial charge in [0.1, 0.15) is 11.6 Å². The van der Waals surface area contributed by atoms with Gasteiger partial charge in [0.2, 0.25) is 0 Å². The van der Waals surface area contributed by atoms with E-state index in [4.69, 9.17) is 27.1 Å². The fourth-order valence-corrected chi connectivity index (χ4v) is 4.55. The molecular weight excluding hydrogens is 386 g/mol. The molecule has 5 nitrogen and oxygen atoms in total. The van der Waals surface area contributed by atoms with E-state index in [0.717, 1.165) is 30.6 Å². The van der Waals surface area contributed by atoms with Crippen molar-refractivity contribution in [2.24, 2.45) is 17.6 Å². The van der Waals surface area contributed by atoms with Crippen LogP contribution in [0.1, 0.15) is 25.7 Å². The van der Waals surface area contributed by atoms with Gasteiger partial charge in [-0.25, -0.2) is 4.98 Å². The molecular formula is C23H26ClN3O2. The van der Waals surface area contributed by atoms with Gasteiger partial charge in [-0.15, -0.1) is 0 Å². The molecule has 2 N–H and O–H groups in total. The first-order chi connectivity index (χ1) is 14.1. The van der Waals surface area contributed by atoms with Crippen molar-refractivity contribution in [3.05, 3.63) is 57.8 Å². The van der Waals surface area contributed by atoms with Crippen LogP contribution in [-0.4, -0.2) is 23.2 Å². The Balaban J connectivity index is 1.85. The highest BCUT2D eigenvalue weighted by Crippen LogP contribution is 2.31. The molecule has 1 saturated carbocycles. The molecule has 0 radical (unpaired) electrons. The molecule has 1 aliphatic carbocycles. The monoisotopic (exact) mass is 411 g/mol. The lowest BCUT2D eigenvalue weighted by molar-refractivity contribution is 0.246. The lowest BCUT2D eigenvalue weighted by Gasteiger charge is -2.29. The van der Waals surface area contributed by atoms with Crippen LogP contribution in [-0.2, 0) is 6.54 Å². The number of methoxy groups -OCH3 is 1. The van der Waals surface area contributed by atoms with Crippen molar-refractivity contribution in [2.45, 2.75) is 32.2 Å². The van der Waals surface area contributed by atoms with Gasteiger partial charge >= 0.3 is 0 Å². The van der Waals surface area contributed by atoms with Gasteiger partial charge in [0.15, 0.2) is 0 Å². The third kappa shape index (κ3) is 4.16. The predicted molar refractivity (Wildman–Crippen MR) is 118 cm³/mol. The van der Waals surface area contributed by atoms with Gasteiger partial charge in [-0.3, -0.25) is 9.36 Å². The Morgan fingerprint density at radius 2 is 2.03 bits per heavy atom. The van der Waals surface area contributed by atoms with Gasteiger partial charge in [0, 0.05) is 17.1 Å². The number of halogens is 1. The Labute approximate surface area is 175 Å². The lowest BCUT2D eigenvalue weighted by atomic mass is 9.81. The minimum atomic E-state index is -0.0284. The number of fused-ring (bicyclic) bond motifs is 1. The van der Waals surface area contributed by atoms with E-state index in [0.29, 0.717) is 46.7 Å². The van der Waals surface area contributed by atoms with Gasteiger partial charge in [-0.2, -0.15) is 0 Å². The van der Waals surface area contributed by atoms with Crippen LogP contribution in [0.25, 0.3) is 22.3 Å². The molecule has 2 unspecified atom stereocenters. The third-order valence-corrected chi connectivity index (χ3v) is 6.15. The minimum absolute atomic E-state index is 0.0284. The zero-order chi connectivity index (χ0) is 20.4. The summed E-state index contributed by atoms with van der Waals surface area (Å²) < 4.78 is 7.21. The highest BCUT2D eigenvalue weighted by molar-refractivity contribution is 6.31. The van der Waals surface area contributed by atoms with Crippen molar-refractivity contribution in [3.63, 3.8) is 0 Å². The van der Waals surface area contributed by atoms with Crippen LogP contribution in [0.3, 0.4) is 0 Å². The Morgan fingerprint density at radius 1 is 1.21 bits per heavy atom. The molecule has 1 aliphatic rings. The number of benzene rings is 2.